The minimum absolute atomic E-state index is 0.0285. The van der Waals surface area contributed by atoms with E-state index in [4.69, 9.17) is 11.6 Å². The van der Waals surface area contributed by atoms with Crippen LogP contribution in [0.2, 0.25) is 5.02 Å². The van der Waals surface area contributed by atoms with Crippen LogP contribution in [0.1, 0.15) is 24.0 Å². The largest absolute Gasteiger partial charge is 0.417 e. The fourth-order valence-corrected chi connectivity index (χ4v) is 3.71. The van der Waals surface area contributed by atoms with Crippen LogP contribution in [0.25, 0.3) is 0 Å². The number of carbonyl (C=O) groups excluding carboxylic acids is 1. The van der Waals surface area contributed by atoms with Crippen molar-refractivity contribution in [2.24, 2.45) is 0 Å². The van der Waals surface area contributed by atoms with Crippen LogP contribution in [0, 0.1) is 0 Å². The van der Waals surface area contributed by atoms with Crippen molar-refractivity contribution >= 4 is 33.2 Å². The van der Waals surface area contributed by atoms with Gasteiger partial charge in [-0.1, -0.05) is 48.9 Å². The van der Waals surface area contributed by atoms with E-state index in [0.717, 1.165) is 24.0 Å². The van der Waals surface area contributed by atoms with Crippen molar-refractivity contribution in [1.29, 1.82) is 0 Å². The van der Waals surface area contributed by atoms with Crippen molar-refractivity contribution < 1.29 is 26.4 Å². The Morgan fingerprint density at radius 1 is 1.17 bits per heavy atom. The highest BCUT2D eigenvalue weighted by atomic mass is 35.5. The number of alkyl halides is 3. The third-order valence-electron chi connectivity index (χ3n) is 4.20. The smallest absolute Gasteiger partial charge is 0.354 e. The van der Waals surface area contributed by atoms with E-state index in [1.807, 2.05) is 37.3 Å². The van der Waals surface area contributed by atoms with E-state index < -0.39 is 39.2 Å². The fraction of sp³-hybridized carbons (Fsp3) is 0.316. The second kappa shape index (κ2) is 9.04. The number of anilines is 1. The molecule has 1 N–H and O–H groups in total. The van der Waals surface area contributed by atoms with Crippen molar-refractivity contribution in [3.05, 3.63) is 64.7 Å². The van der Waals surface area contributed by atoms with Gasteiger partial charge in [-0.3, -0.25) is 9.10 Å². The molecule has 1 atom stereocenters. The Bertz CT molecular complexity index is 966. The summed E-state index contributed by atoms with van der Waals surface area (Å²) >= 11 is 5.58. The molecule has 1 amide bonds. The number of sulfonamides is 1. The lowest BCUT2D eigenvalue weighted by atomic mass is 10.0. The monoisotopic (exact) mass is 448 g/mol. The minimum Gasteiger partial charge on any atom is -0.354 e. The number of amides is 1. The normalized spacial score (nSPS) is 13.0. The zero-order valence-electron chi connectivity index (χ0n) is 15.7. The second-order valence-electron chi connectivity index (χ2n) is 6.55. The van der Waals surface area contributed by atoms with Crippen LogP contribution < -0.4 is 9.62 Å². The molecule has 2 rings (SSSR count). The van der Waals surface area contributed by atoms with Crippen molar-refractivity contribution in [1.82, 2.24) is 5.32 Å². The number of benzene rings is 2. The maximum Gasteiger partial charge on any atom is 0.417 e. The van der Waals surface area contributed by atoms with E-state index in [1.165, 1.54) is 0 Å². The van der Waals surface area contributed by atoms with Crippen LogP contribution in [0.4, 0.5) is 18.9 Å². The standard InChI is InChI=1S/C19H20ClF3N2O3S/c1-13(14-6-4-3-5-7-14)11-24-18(26)12-25(29(2,27)28)15-8-9-17(20)16(10-15)19(21,22)23/h3-10,13H,11-12H2,1-2H3,(H,24,26)/t13-/m1/s1. The van der Waals surface area contributed by atoms with Gasteiger partial charge in [0.1, 0.15) is 6.54 Å². The van der Waals surface area contributed by atoms with Crippen LogP contribution in [-0.4, -0.2) is 33.7 Å². The Kier molecular flexibility index (Phi) is 7.18. The summed E-state index contributed by atoms with van der Waals surface area (Å²) in [5.74, 6) is -0.666. The molecule has 0 spiro atoms. The lowest BCUT2D eigenvalue weighted by Crippen LogP contribution is -2.41. The molecule has 0 aliphatic heterocycles. The summed E-state index contributed by atoms with van der Waals surface area (Å²) in [6.45, 7) is 1.48. The first-order valence-electron chi connectivity index (χ1n) is 8.55. The van der Waals surface area contributed by atoms with E-state index in [-0.39, 0.29) is 18.2 Å². The zero-order chi connectivity index (χ0) is 21.8. The van der Waals surface area contributed by atoms with Crippen LogP contribution in [0.5, 0.6) is 0 Å². The third-order valence-corrected chi connectivity index (χ3v) is 5.68. The Morgan fingerprint density at radius 2 is 1.79 bits per heavy atom. The average molecular weight is 449 g/mol. The van der Waals surface area contributed by atoms with Crippen molar-refractivity contribution in [3.8, 4) is 0 Å². The molecule has 0 saturated carbocycles. The van der Waals surface area contributed by atoms with Gasteiger partial charge in [-0.25, -0.2) is 8.42 Å². The Labute approximate surface area is 172 Å². The summed E-state index contributed by atoms with van der Waals surface area (Å²) in [5.41, 5.74) is -0.487. The number of hydrogen-bond donors (Lipinski definition) is 1. The van der Waals surface area contributed by atoms with Gasteiger partial charge < -0.3 is 5.32 Å². The van der Waals surface area contributed by atoms with Gasteiger partial charge in [-0.2, -0.15) is 13.2 Å². The molecule has 2 aromatic carbocycles. The maximum absolute atomic E-state index is 13.1. The number of hydrogen-bond acceptors (Lipinski definition) is 3. The van der Waals surface area contributed by atoms with Crippen molar-refractivity contribution in [3.63, 3.8) is 0 Å². The Balaban J connectivity index is 2.17. The quantitative estimate of drug-likeness (QED) is 0.695. The summed E-state index contributed by atoms with van der Waals surface area (Å²) in [7, 11) is -4.02. The predicted molar refractivity (Wildman–Crippen MR) is 107 cm³/mol. The molecule has 0 aromatic heterocycles. The first-order chi connectivity index (χ1) is 13.4. The topological polar surface area (TPSA) is 66.5 Å². The number of rotatable bonds is 7. The summed E-state index contributed by atoms with van der Waals surface area (Å²) in [6, 6.07) is 12.1. The Hall–Kier alpha value is -2.26. The van der Waals surface area contributed by atoms with Gasteiger partial charge in [0.25, 0.3) is 0 Å². The van der Waals surface area contributed by atoms with E-state index in [2.05, 4.69) is 5.32 Å². The molecule has 0 fully saturated rings. The Morgan fingerprint density at radius 3 is 2.34 bits per heavy atom. The molecule has 0 aliphatic rings. The summed E-state index contributed by atoms with van der Waals surface area (Å²) in [4.78, 5) is 12.3. The first kappa shape index (κ1) is 23.0. The average Bonchev–Trinajstić information content (AvgIpc) is 2.63. The number of nitrogens with one attached hydrogen (secondary N) is 1. The molecule has 5 nitrogen and oxygen atoms in total. The fourth-order valence-electron chi connectivity index (χ4n) is 2.64. The highest BCUT2D eigenvalue weighted by Gasteiger charge is 2.34. The lowest BCUT2D eigenvalue weighted by molar-refractivity contribution is -0.137. The maximum atomic E-state index is 13.1. The number of halogens is 4. The van der Waals surface area contributed by atoms with E-state index >= 15 is 0 Å². The predicted octanol–water partition coefficient (Wildman–Crippen LogP) is 4.04. The molecule has 0 bridgehead atoms. The van der Waals surface area contributed by atoms with Gasteiger partial charge in [0, 0.05) is 6.54 Å². The molecular weight excluding hydrogens is 429 g/mol. The molecule has 29 heavy (non-hydrogen) atoms. The van der Waals surface area contributed by atoms with E-state index in [1.54, 1.807) is 0 Å². The van der Waals surface area contributed by atoms with E-state index in [9.17, 15) is 26.4 Å². The van der Waals surface area contributed by atoms with Crippen molar-refractivity contribution in [2.75, 3.05) is 23.7 Å². The number of nitrogens with zero attached hydrogens (tertiary/aromatic N) is 1. The molecule has 0 aliphatic carbocycles. The third kappa shape index (κ3) is 6.37. The van der Waals surface area contributed by atoms with Crippen LogP contribution in [-0.2, 0) is 21.0 Å². The van der Waals surface area contributed by atoms with Crippen LogP contribution in [0.3, 0.4) is 0 Å². The summed E-state index contributed by atoms with van der Waals surface area (Å²) < 4.78 is 64.1. The molecule has 2 aromatic rings. The highest BCUT2D eigenvalue weighted by molar-refractivity contribution is 7.92. The SMILES string of the molecule is C[C@H](CNC(=O)CN(c1ccc(Cl)c(C(F)(F)F)c1)S(C)(=O)=O)c1ccccc1. The van der Waals surface area contributed by atoms with Gasteiger partial charge in [-0.15, -0.1) is 0 Å². The molecule has 0 unspecified atom stereocenters. The van der Waals surface area contributed by atoms with Gasteiger partial charge >= 0.3 is 6.18 Å². The first-order valence-corrected chi connectivity index (χ1v) is 10.8. The molecule has 0 saturated heterocycles. The van der Waals surface area contributed by atoms with E-state index in [0.29, 0.717) is 10.4 Å². The van der Waals surface area contributed by atoms with Gasteiger partial charge in [0.2, 0.25) is 15.9 Å². The van der Waals surface area contributed by atoms with Gasteiger partial charge in [0.05, 0.1) is 22.5 Å². The van der Waals surface area contributed by atoms with Gasteiger partial charge in [-0.05, 0) is 29.7 Å². The van der Waals surface area contributed by atoms with Gasteiger partial charge in [0.15, 0.2) is 0 Å². The summed E-state index contributed by atoms with van der Waals surface area (Å²) in [6.07, 6.45) is -3.95. The highest BCUT2D eigenvalue weighted by Crippen LogP contribution is 2.37. The van der Waals surface area contributed by atoms with Crippen LogP contribution in [0.15, 0.2) is 48.5 Å². The van der Waals surface area contributed by atoms with Crippen molar-refractivity contribution in [2.45, 2.75) is 19.0 Å². The lowest BCUT2D eigenvalue weighted by Gasteiger charge is -2.23. The van der Waals surface area contributed by atoms with Crippen LogP contribution >= 0.6 is 11.6 Å². The second-order valence-corrected chi connectivity index (χ2v) is 8.86. The molecule has 0 heterocycles. The minimum atomic E-state index is -4.76. The molecule has 158 valence electrons. The molecular formula is C19H20ClF3N2O3S. The summed E-state index contributed by atoms with van der Waals surface area (Å²) in [5, 5.41) is 2.06. The zero-order valence-corrected chi connectivity index (χ0v) is 17.3. The number of carbonyl (C=O) groups is 1. The molecule has 10 heteroatoms. The molecule has 0 radical (unpaired) electrons.